The Morgan fingerprint density at radius 2 is 2.32 bits per heavy atom. The molecule has 0 aliphatic carbocycles. The van der Waals surface area contributed by atoms with Crippen LogP contribution in [0.15, 0.2) is 6.33 Å². The van der Waals surface area contributed by atoms with Gasteiger partial charge in [-0.2, -0.15) is 0 Å². The third kappa shape index (κ3) is 4.91. The van der Waals surface area contributed by atoms with E-state index < -0.39 is 14.1 Å². The van der Waals surface area contributed by atoms with Gasteiger partial charge in [0.05, 0.1) is 25.5 Å². The zero-order chi connectivity index (χ0) is 20.3. The second-order valence-corrected chi connectivity index (χ2v) is 8.33. The largest absolute Gasteiger partial charge is 0.462 e. The number of ether oxygens (including phenoxy) is 2. The van der Waals surface area contributed by atoms with Crippen LogP contribution in [0.25, 0.3) is 0 Å². The summed E-state index contributed by atoms with van der Waals surface area (Å²) in [6.07, 6.45) is 1.56. The minimum atomic E-state index is -2.56. The van der Waals surface area contributed by atoms with E-state index in [-0.39, 0.29) is 37.5 Å². The van der Waals surface area contributed by atoms with Gasteiger partial charge < -0.3 is 29.9 Å². The van der Waals surface area contributed by atoms with E-state index in [1.807, 2.05) is 4.90 Å². The Morgan fingerprint density at radius 1 is 1.54 bits per heavy atom. The first-order valence-electron chi connectivity index (χ1n) is 9.21. The zero-order valence-corrected chi connectivity index (χ0v) is 17.2. The highest BCUT2D eigenvalue weighted by molar-refractivity contribution is 7.36. The highest BCUT2D eigenvalue weighted by atomic mass is 31.1. The van der Waals surface area contributed by atoms with E-state index in [9.17, 15) is 9.36 Å². The molecule has 1 fully saturated rings. The van der Waals surface area contributed by atoms with Crippen molar-refractivity contribution < 1.29 is 23.4 Å². The number of anilines is 3. The van der Waals surface area contributed by atoms with Gasteiger partial charge in [0.1, 0.15) is 24.8 Å². The fraction of sp³-hybridized carbons (Fsp3) is 0.688. The Hall–Kier alpha value is -1.94. The summed E-state index contributed by atoms with van der Waals surface area (Å²) >= 11 is 0. The molecule has 4 atom stereocenters. The molecular weight excluding hydrogens is 387 g/mol. The predicted octanol–water partition coefficient (Wildman–Crippen LogP) is 0.947. The van der Waals surface area contributed by atoms with Crippen molar-refractivity contribution in [2.24, 2.45) is 5.92 Å². The van der Waals surface area contributed by atoms with E-state index in [1.54, 1.807) is 13.8 Å². The minimum Gasteiger partial charge on any atom is -0.462 e. The number of hydrogen-bond donors (Lipinski definition) is 3. The van der Waals surface area contributed by atoms with Crippen molar-refractivity contribution in [2.75, 3.05) is 35.8 Å². The maximum absolute atomic E-state index is 11.9. The normalized spacial score (nSPS) is 24.9. The molecule has 4 N–H and O–H groups in total. The number of esters is 1. The molecule has 0 aromatic carbocycles. The molecule has 0 bridgehead atoms. The lowest BCUT2D eigenvalue weighted by atomic mass is 10.1. The number of nitrogens with two attached hydrogens (primary N) is 1. The number of nitrogen functional groups attached to an aromatic ring is 1. The van der Waals surface area contributed by atoms with Crippen LogP contribution in [-0.2, 0) is 23.4 Å². The number of carbonyl (C=O) groups excluding carboxylic acids is 1. The second kappa shape index (κ2) is 9.04. The van der Waals surface area contributed by atoms with Crippen molar-refractivity contribution in [1.82, 2.24) is 15.1 Å². The van der Waals surface area contributed by atoms with Crippen LogP contribution in [0.5, 0.6) is 0 Å². The van der Waals surface area contributed by atoms with Gasteiger partial charge in [-0.1, -0.05) is 6.92 Å². The first-order chi connectivity index (χ1) is 13.3. The van der Waals surface area contributed by atoms with Crippen LogP contribution in [0.4, 0.5) is 17.3 Å². The van der Waals surface area contributed by atoms with Crippen LogP contribution in [0, 0.1) is 5.92 Å². The van der Waals surface area contributed by atoms with Crippen molar-refractivity contribution in [3.63, 3.8) is 0 Å². The van der Waals surface area contributed by atoms with Gasteiger partial charge >= 0.3 is 5.97 Å². The van der Waals surface area contributed by atoms with E-state index in [1.165, 1.54) is 6.33 Å². The van der Waals surface area contributed by atoms with Gasteiger partial charge in [0.25, 0.3) is 8.18 Å². The first-order valence-corrected chi connectivity index (χ1v) is 10.5. The van der Waals surface area contributed by atoms with Gasteiger partial charge in [-0.25, -0.2) is 15.1 Å². The summed E-state index contributed by atoms with van der Waals surface area (Å²) in [7, 11) is -2.56. The van der Waals surface area contributed by atoms with E-state index in [2.05, 4.69) is 27.3 Å². The Balaban J connectivity index is 1.47. The number of aromatic nitrogens is 2. The zero-order valence-electron chi connectivity index (χ0n) is 16.2. The Bertz CT molecular complexity index is 735. The number of carbonyl (C=O) groups is 1. The molecule has 11 nitrogen and oxygen atoms in total. The molecule has 2 aliphatic heterocycles. The number of nitrogens with zero attached hydrogens (tertiary/aromatic N) is 3. The van der Waals surface area contributed by atoms with Gasteiger partial charge in [-0.3, -0.25) is 9.36 Å². The lowest BCUT2D eigenvalue weighted by Crippen LogP contribution is -2.39. The maximum Gasteiger partial charge on any atom is 0.320 e. The lowest BCUT2D eigenvalue weighted by molar-refractivity contribution is -0.145. The monoisotopic (exact) mass is 414 g/mol. The smallest absolute Gasteiger partial charge is 0.320 e. The second-order valence-electron chi connectivity index (χ2n) is 7.11. The summed E-state index contributed by atoms with van der Waals surface area (Å²) < 4.78 is 28.4. The Labute approximate surface area is 164 Å². The molecule has 1 aromatic rings. The molecule has 12 heteroatoms. The molecule has 3 heterocycles. The standard InChI is InChI=1S/C16H27N6O5P/c1-9(2)26-12(23)5-21-28(24)25-6-11-4-10(3)16(27-11)22-8-20-13-14(17)18-7-19-15(13)22/h7,9-11,16,20,28H,4-6,8H2,1-3H3,(H,21,24)(H2,17,18,19). The summed E-state index contributed by atoms with van der Waals surface area (Å²) in [6.45, 7) is 6.12. The molecule has 1 saturated heterocycles. The molecule has 1 aromatic heterocycles. The average Bonchev–Trinajstić information content (AvgIpc) is 3.21. The molecule has 156 valence electrons. The van der Waals surface area contributed by atoms with Gasteiger partial charge in [0, 0.05) is 5.92 Å². The molecular formula is C16H27N6O5P. The van der Waals surface area contributed by atoms with Gasteiger partial charge in [0.15, 0.2) is 11.6 Å². The molecule has 0 radical (unpaired) electrons. The van der Waals surface area contributed by atoms with E-state index in [0.717, 1.165) is 6.42 Å². The molecule has 28 heavy (non-hydrogen) atoms. The summed E-state index contributed by atoms with van der Waals surface area (Å²) in [5, 5.41) is 5.74. The van der Waals surface area contributed by atoms with Crippen LogP contribution >= 0.6 is 8.18 Å². The predicted molar refractivity (Wildman–Crippen MR) is 104 cm³/mol. The minimum absolute atomic E-state index is 0.155. The van der Waals surface area contributed by atoms with Gasteiger partial charge in [-0.05, 0) is 20.3 Å². The third-order valence-corrected chi connectivity index (χ3v) is 5.35. The maximum atomic E-state index is 11.9. The summed E-state index contributed by atoms with van der Waals surface area (Å²) in [5.74, 6) is 0.863. The SMILES string of the molecule is CC(C)OC(=O)CN[PH](=O)OCC1CC(C)C(N2CNc3c(N)ncnc32)O1. The first kappa shape index (κ1) is 20.8. The van der Waals surface area contributed by atoms with E-state index >= 15 is 0 Å². The highest BCUT2D eigenvalue weighted by Gasteiger charge is 2.40. The fourth-order valence-corrected chi connectivity index (χ4v) is 4.03. The number of hydrogen-bond acceptors (Lipinski definition) is 10. The quantitative estimate of drug-likeness (QED) is 0.413. The van der Waals surface area contributed by atoms with Crippen LogP contribution in [0.3, 0.4) is 0 Å². The van der Waals surface area contributed by atoms with Gasteiger partial charge in [-0.15, -0.1) is 0 Å². The molecule has 0 saturated carbocycles. The Morgan fingerprint density at radius 3 is 3.07 bits per heavy atom. The molecule has 0 spiro atoms. The van der Waals surface area contributed by atoms with Crippen molar-refractivity contribution in [2.45, 2.75) is 45.6 Å². The van der Waals surface area contributed by atoms with Crippen molar-refractivity contribution in [3.05, 3.63) is 6.33 Å². The van der Waals surface area contributed by atoms with Crippen LogP contribution < -0.4 is 21.0 Å². The molecule has 3 rings (SSSR count). The number of rotatable bonds is 8. The van der Waals surface area contributed by atoms with Crippen LogP contribution in [-0.4, -0.2) is 54.2 Å². The summed E-state index contributed by atoms with van der Waals surface area (Å²) in [4.78, 5) is 21.7. The topological polar surface area (TPSA) is 141 Å². The van der Waals surface area contributed by atoms with Gasteiger partial charge in [0.2, 0.25) is 0 Å². The number of fused-ring (bicyclic) bond motifs is 1. The van der Waals surface area contributed by atoms with E-state index in [4.69, 9.17) is 19.7 Å². The van der Waals surface area contributed by atoms with Crippen molar-refractivity contribution >= 4 is 31.5 Å². The van der Waals surface area contributed by atoms with Crippen LogP contribution in [0.1, 0.15) is 27.2 Å². The third-order valence-electron chi connectivity index (χ3n) is 4.46. The molecule has 0 amide bonds. The lowest BCUT2D eigenvalue weighted by Gasteiger charge is -2.27. The van der Waals surface area contributed by atoms with E-state index in [0.29, 0.717) is 24.0 Å². The van der Waals surface area contributed by atoms with Crippen molar-refractivity contribution in [1.29, 1.82) is 0 Å². The van der Waals surface area contributed by atoms with Crippen LogP contribution in [0.2, 0.25) is 0 Å². The highest BCUT2D eigenvalue weighted by Crippen LogP contribution is 2.39. The van der Waals surface area contributed by atoms with Crippen molar-refractivity contribution in [3.8, 4) is 0 Å². The molecule has 4 unspecified atom stereocenters. The summed E-state index contributed by atoms with van der Waals surface area (Å²) in [6, 6.07) is 0. The number of nitrogens with one attached hydrogen (secondary N) is 2. The summed E-state index contributed by atoms with van der Waals surface area (Å²) in [5.41, 5.74) is 6.59. The Kier molecular flexibility index (Phi) is 6.71. The average molecular weight is 414 g/mol. The molecule has 2 aliphatic rings. The fourth-order valence-electron chi connectivity index (χ4n) is 3.30.